The highest BCUT2D eigenvalue weighted by atomic mass is 19.1. The van der Waals surface area contributed by atoms with Crippen LogP contribution in [0.3, 0.4) is 0 Å². The van der Waals surface area contributed by atoms with E-state index in [2.05, 4.69) is 15.2 Å². The van der Waals surface area contributed by atoms with Crippen LogP contribution < -0.4 is 0 Å². The number of carbonyl (C=O) groups excluding carboxylic acids is 1. The molecule has 0 radical (unpaired) electrons. The Kier molecular flexibility index (Phi) is 3.31. The summed E-state index contributed by atoms with van der Waals surface area (Å²) in [6.45, 7) is 0.162. The van der Waals surface area contributed by atoms with Crippen molar-refractivity contribution in [1.82, 2.24) is 20.1 Å². The van der Waals surface area contributed by atoms with Crippen LogP contribution in [0.4, 0.5) is 8.78 Å². The third-order valence-electron chi connectivity index (χ3n) is 2.36. The highest BCUT2D eigenvalue weighted by Crippen LogP contribution is 2.12. The van der Waals surface area contributed by atoms with Crippen molar-refractivity contribution in [2.24, 2.45) is 0 Å². The molecule has 0 saturated carbocycles. The van der Waals surface area contributed by atoms with E-state index in [4.69, 9.17) is 0 Å². The Balaban J connectivity index is 2.15. The topological polar surface area (TPSA) is 61.9 Å². The second-order valence-corrected chi connectivity index (χ2v) is 3.72. The molecule has 0 fully saturated rings. The minimum absolute atomic E-state index is 0.162. The highest BCUT2D eigenvalue weighted by molar-refractivity contribution is 5.94. The van der Waals surface area contributed by atoms with Gasteiger partial charge in [-0.05, 0) is 12.1 Å². The predicted octanol–water partition coefficient (Wildman–Crippen LogP) is 1.36. The van der Waals surface area contributed by atoms with E-state index in [1.807, 2.05) is 0 Å². The lowest BCUT2D eigenvalue weighted by Crippen LogP contribution is -2.27. The van der Waals surface area contributed by atoms with Crippen molar-refractivity contribution in [3.05, 3.63) is 47.5 Å². The fourth-order valence-corrected chi connectivity index (χ4v) is 1.47. The summed E-state index contributed by atoms with van der Waals surface area (Å²) >= 11 is 0. The van der Waals surface area contributed by atoms with Crippen molar-refractivity contribution < 1.29 is 13.6 Å². The zero-order valence-corrected chi connectivity index (χ0v) is 9.52. The van der Waals surface area contributed by atoms with Crippen molar-refractivity contribution >= 4 is 5.91 Å². The number of hydrogen-bond donors (Lipinski definition) is 1. The number of rotatable bonds is 3. The number of nitrogens with one attached hydrogen (secondary N) is 1. The number of aromatic amines is 1. The molecule has 7 heteroatoms. The highest BCUT2D eigenvalue weighted by Gasteiger charge is 2.17. The first-order chi connectivity index (χ1) is 8.58. The van der Waals surface area contributed by atoms with Gasteiger partial charge in [0.25, 0.3) is 5.91 Å². The Labute approximate surface area is 101 Å². The Bertz CT molecular complexity index is 556. The molecule has 0 atom stereocenters. The summed E-state index contributed by atoms with van der Waals surface area (Å²) in [7, 11) is 1.49. The number of aromatic nitrogens is 3. The van der Waals surface area contributed by atoms with Crippen LogP contribution in [0.2, 0.25) is 0 Å². The first-order valence-corrected chi connectivity index (χ1v) is 5.12. The largest absolute Gasteiger partial charge is 0.334 e. The zero-order valence-electron chi connectivity index (χ0n) is 9.52. The molecule has 0 aliphatic rings. The van der Waals surface area contributed by atoms with E-state index in [0.29, 0.717) is 11.9 Å². The van der Waals surface area contributed by atoms with Crippen molar-refractivity contribution in [3.8, 4) is 0 Å². The lowest BCUT2D eigenvalue weighted by atomic mass is 10.2. The fraction of sp³-hybridized carbons (Fsp3) is 0.182. The molecule has 0 aliphatic carbocycles. The standard InChI is InChI=1S/C11H10F2N4O/c1-17(5-10-14-6-15-16-10)11(18)8-3-2-7(12)4-9(8)13/h2-4,6H,5H2,1H3,(H,14,15,16). The molecule has 94 valence electrons. The van der Waals surface area contributed by atoms with Gasteiger partial charge in [0.15, 0.2) is 0 Å². The van der Waals surface area contributed by atoms with Crippen LogP contribution in [-0.4, -0.2) is 33.0 Å². The van der Waals surface area contributed by atoms with Gasteiger partial charge in [-0.3, -0.25) is 9.89 Å². The lowest BCUT2D eigenvalue weighted by molar-refractivity contribution is 0.0777. The number of H-pyrrole nitrogens is 1. The predicted molar refractivity (Wildman–Crippen MR) is 58.5 cm³/mol. The van der Waals surface area contributed by atoms with Crippen LogP contribution in [0, 0.1) is 11.6 Å². The lowest BCUT2D eigenvalue weighted by Gasteiger charge is -2.15. The fourth-order valence-electron chi connectivity index (χ4n) is 1.47. The van der Waals surface area contributed by atoms with Gasteiger partial charge in [-0.25, -0.2) is 13.8 Å². The van der Waals surface area contributed by atoms with Crippen molar-refractivity contribution in [1.29, 1.82) is 0 Å². The van der Waals surface area contributed by atoms with Gasteiger partial charge in [-0.15, -0.1) is 0 Å². The van der Waals surface area contributed by atoms with Gasteiger partial charge in [0.2, 0.25) is 0 Å². The third kappa shape index (κ3) is 2.50. The van der Waals surface area contributed by atoms with Crippen LogP contribution in [0.1, 0.15) is 16.2 Å². The Morgan fingerprint density at radius 1 is 1.44 bits per heavy atom. The molecule has 1 heterocycles. The van der Waals surface area contributed by atoms with E-state index in [1.165, 1.54) is 18.3 Å². The van der Waals surface area contributed by atoms with Gasteiger partial charge in [0, 0.05) is 13.1 Å². The summed E-state index contributed by atoms with van der Waals surface area (Å²) in [5.41, 5.74) is -0.182. The van der Waals surface area contributed by atoms with Crippen LogP contribution in [0.25, 0.3) is 0 Å². The third-order valence-corrected chi connectivity index (χ3v) is 2.36. The number of amides is 1. The molecule has 0 unspecified atom stereocenters. The molecule has 1 aromatic carbocycles. The zero-order chi connectivity index (χ0) is 13.1. The molecule has 5 nitrogen and oxygen atoms in total. The van der Waals surface area contributed by atoms with Crippen molar-refractivity contribution in [2.75, 3.05) is 7.05 Å². The molecule has 2 aromatic rings. The van der Waals surface area contributed by atoms with E-state index in [-0.39, 0.29) is 12.1 Å². The Morgan fingerprint density at radius 2 is 2.22 bits per heavy atom. The summed E-state index contributed by atoms with van der Waals surface area (Å²) in [6, 6.07) is 2.83. The maximum Gasteiger partial charge on any atom is 0.256 e. The summed E-state index contributed by atoms with van der Waals surface area (Å²) in [6.07, 6.45) is 1.31. The average molecular weight is 252 g/mol. The van der Waals surface area contributed by atoms with Gasteiger partial charge in [0.1, 0.15) is 23.8 Å². The smallest absolute Gasteiger partial charge is 0.256 e. The van der Waals surface area contributed by atoms with Gasteiger partial charge in [-0.2, -0.15) is 5.10 Å². The van der Waals surface area contributed by atoms with Gasteiger partial charge >= 0.3 is 0 Å². The molecule has 1 aromatic heterocycles. The van der Waals surface area contributed by atoms with Gasteiger partial charge in [-0.1, -0.05) is 0 Å². The van der Waals surface area contributed by atoms with E-state index < -0.39 is 17.5 Å². The van der Waals surface area contributed by atoms with E-state index in [1.54, 1.807) is 0 Å². The summed E-state index contributed by atoms with van der Waals surface area (Å²) in [5.74, 6) is -1.68. The quantitative estimate of drug-likeness (QED) is 0.897. The maximum absolute atomic E-state index is 13.4. The summed E-state index contributed by atoms with van der Waals surface area (Å²) < 4.78 is 26.1. The molecule has 1 amide bonds. The minimum Gasteiger partial charge on any atom is -0.334 e. The number of carbonyl (C=O) groups is 1. The Morgan fingerprint density at radius 3 is 2.83 bits per heavy atom. The van der Waals surface area contributed by atoms with Gasteiger partial charge < -0.3 is 4.90 Å². The molecule has 0 bridgehead atoms. The Hall–Kier alpha value is -2.31. The van der Waals surface area contributed by atoms with Crippen molar-refractivity contribution in [2.45, 2.75) is 6.54 Å². The SMILES string of the molecule is CN(Cc1ncn[nH]1)C(=O)c1ccc(F)cc1F. The first-order valence-electron chi connectivity index (χ1n) is 5.12. The molecule has 0 saturated heterocycles. The minimum atomic E-state index is -0.885. The number of benzene rings is 1. The molecule has 1 N–H and O–H groups in total. The number of nitrogens with zero attached hydrogens (tertiary/aromatic N) is 3. The van der Waals surface area contributed by atoms with Crippen molar-refractivity contribution in [3.63, 3.8) is 0 Å². The maximum atomic E-state index is 13.4. The van der Waals surface area contributed by atoms with E-state index in [9.17, 15) is 13.6 Å². The van der Waals surface area contributed by atoms with Crippen LogP contribution in [0.15, 0.2) is 24.5 Å². The molecule has 2 rings (SSSR count). The second kappa shape index (κ2) is 4.91. The average Bonchev–Trinajstić information content (AvgIpc) is 2.81. The van der Waals surface area contributed by atoms with Crippen LogP contribution in [0.5, 0.6) is 0 Å². The molecular formula is C11H10F2N4O. The summed E-state index contributed by atoms with van der Waals surface area (Å²) in [4.78, 5) is 17.0. The second-order valence-electron chi connectivity index (χ2n) is 3.72. The van der Waals surface area contributed by atoms with E-state index >= 15 is 0 Å². The molecule has 0 spiro atoms. The monoisotopic (exact) mass is 252 g/mol. The van der Waals surface area contributed by atoms with E-state index in [0.717, 1.165) is 12.1 Å². The first kappa shape index (κ1) is 12.2. The van der Waals surface area contributed by atoms with Crippen LogP contribution >= 0.6 is 0 Å². The van der Waals surface area contributed by atoms with Crippen LogP contribution in [-0.2, 0) is 6.54 Å². The van der Waals surface area contributed by atoms with Gasteiger partial charge in [0.05, 0.1) is 12.1 Å². The molecular weight excluding hydrogens is 242 g/mol. The molecule has 18 heavy (non-hydrogen) atoms. The number of halogens is 2. The molecule has 0 aliphatic heterocycles. The normalized spacial score (nSPS) is 10.4. The number of hydrogen-bond acceptors (Lipinski definition) is 3. The summed E-state index contributed by atoms with van der Waals surface area (Å²) in [5, 5.41) is 6.23.